The summed E-state index contributed by atoms with van der Waals surface area (Å²) in [6.07, 6.45) is 4.41. The second-order valence-corrected chi connectivity index (χ2v) is 7.14. The van der Waals surface area contributed by atoms with Crippen LogP contribution in [0, 0.1) is 10.8 Å². The second kappa shape index (κ2) is 9.28. The number of benzene rings is 2. The Bertz CT molecular complexity index is 1240. The summed E-state index contributed by atoms with van der Waals surface area (Å²) in [7, 11) is 0. The van der Waals surface area contributed by atoms with E-state index in [4.69, 9.17) is 31.9 Å². The van der Waals surface area contributed by atoms with E-state index in [1.54, 1.807) is 12.1 Å². The zero-order valence-corrected chi connectivity index (χ0v) is 17.2. The minimum Gasteiger partial charge on any atom is -0.487 e. The van der Waals surface area contributed by atoms with Crippen molar-refractivity contribution in [3.8, 4) is 5.75 Å². The van der Waals surface area contributed by atoms with Gasteiger partial charge in [-0.25, -0.2) is 4.98 Å². The molecule has 0 unspecified atom stereocenters. The molecule has 2 aromatic carbocycles. The van der Waals surface area contributed by atoms with Gasteiger partial charge in [0.25, 0.3) is 0 Å². The monoisotopic (exact) mass is 430 g/mol. The van der Waals surface area contributed by atoms with Crippen LogP contribution in [0.2, 0.25) is 5.02 Å². The maximum Gasteiger partial charge on any atom is 0.221 e. The van der Waals surface area contributed by atoms with E-state index < -0.39 is 0 Å². The number of nitrogens with one attached hydrogen (secondary N) is 3. The average Bonchev–Trinajstić information content (AvgIpc) is 3.26. The first-order chi connectivity index (χ1) is 15.1. The van der Waals surface area contributed by atoms with Crippen LogP contribution >= 0.6 is 11.6 Å². The lowest BCUT2D eigenvalue weighted by molar-refractivity contribution is 0.302. The molecule has 0 spiro atoms. The molecule has 0 saturated heterocycles. The Balaban J connectivity index is 1.52. The fraction of sp³-hybridized carbons (Fsp3) is 0.0417. The Morgan fingerprint density at radius 3 is 2.52 bits per heavy atom. The van der Waals surface area contributed by atoms with Crippen molar-refractivity contribution in [3.63, 3.8) is 0 Å². The summed E-state index contributed by atoms with van der Waals surface area (Å²) >= 11 is 5.95. The maximum absolute atomic E-state index is 8.16. The Hall–Kier alpha value is -3.90. The number of aromatic nitrogens is 2. The van der Waals surface area contributed by atoms with Crippen LogP contribution in [0.15, 0.2) is 72.9 Å². The molecule has 31 heavy (non-hydrogen) atoms. The molecule has 0 radical (unpaired) electrons. The molecule has 0 bridgehead atoms. The summed E-state index contributed by atoms with van der Waals surface area (Å²) in [6, 6.07) is 20.5. The molecule has 0 aliphatic carbocycles. The van der Waals surface area contributed by atoms with Crippen LogP contribution < -0.4 is 4.74 Å². The van der Waals surface area contributed by atoms with Gasteiger partial charge in [0.1, 0.15) is 12.4 Å². The van der Waals surface area contributed by atoms with Gasteiger partial charge in [-0.1, -0.05) is 35.9 Å². The van der Waals surface area contributed by atoms with Gasteiger partial charge < -0.3 is 14.5 Å². The van der Waals surface area contributed by atoms with E-state index >= 15 is 0 Å². The number of hydrogen-bond donors (Lipinski definition) is 3. The molecular weight excluding hydrogens is 412 g/mol. The number of halogens is 1. The summed E-state index contributed by atoms with van der Waals surface area (Å²) in [6.45, 7) is 0.348. The molecule has 6 nitrogen and oxygen atoms in total. The molecule has 3 N–H and O–H groups in total. The lowest BCUT2D eigenvalue weighted by Gasteiger charge is -2.11. The second-order valence-electron chi connectivity index (χ2n) is 6.70. The molecule has 4 aromatic rings. The van der Waals surface area contributed by atoms with Crippen molar-refractivity contribution in [2.45, 2.75) is 6.61 Å². The molecule has 0 saturated carbocycles. The number of rotatable bonds is 7. The molecule has 2 aromatic heterocycles. The van der Waals surface area contributed by atoms with E-state index in [0.717, 1.165) is 34.3 Å². The highest BCUT2D eigenvalue weighted by Crippen LogP contribution is 2.24. The van der Waals surface area contributed by atoms with Gasteiger partial charge in [-0.3, -0.25) is 10.8 Å². The van der Waals surface area contributed by atoms with Crippen LogP contribution in [0.1, 0.15) is 16.8 Å². The van der Waals surface area contributed by atoms with Gasteiger partial charge >= 0.3 is 0 Å². The highest BCUT2D eigenvalue weighted by molar-refractivity contribution is 6.30. The van der Waals surface area contributed by atoms with E-state index in [-0.39, 0.29) is 5.90 Å². The molecular formula is C24H19ClN4O2. The summed E-state index contributed by atoms with van der Waals surface area (Å²) in [5.74, 6) is 0.563. The third-order valence-corrected chi connectivity index (χ3v) is 4.87. The van der Waals surface area contributed by atoms with Crippen molar-refractivity contribution >= 4 is 46.6 Å². The molecule has 2 heterocycles. The van der Waals surface area contributed by atoms with Gasteiger partial charge in [0.2, 0.25) is 5.90 Å². The fourth-order valence-electron chi connectivity index (χ4n) is 3.07. The molecule has 0 aliphatic rings. The molecule has 0 atom stereocenters. The Kier molecular flexibility index (Phi) is 6.10. The van der Waals surface area contributed by atoms with Gasteiger partial charge in [0, 0.05) is 16.8 Å². The fourth-order valence-corrected chi connectivity index (χ4v) is 3.20. The van der Waals surface area contributed by atoms with Crippen LogP contribution in [0.5, 0.6) is 5.75 Å². The van der Waals surface area contributed by atoms with Crippen molar-refractivity contribution in [1.82, 2.24) is 9.97 Å². The maximum atomic E-state index is 8.16. The van der Waals surface area contributed by atoms with Crippen molar-refractivity contribution in [2.24, 2.45) is 0 Å². The van der Waals surface area contributed by atoms with Gasteiger partial charge in [-0.15, -0.1) is 0 Å². The standard InChI is InChI=1S/C24H19ClN4O2/c25-18-5-1-16(2-6-18)13-21(24(27)31-15-26)17-3-8-20(9-4-17)30-14-19-7-10-22-23(29-19)11-12-28-22/h1-13,15,26-28H,14H2/b21-13+,26-15?,27-24?. The third kappa shape index (κ3) is 4.99. The zero-order valence-electron chi connectivity index (χ0n) is 16.4. The number of nitrogens with zero attached hydrogens (tertiary/aromatic N) is 1. The Morgan fingerprint density at radius 2 is 1.77 bits per heavy atom. The number of fused-ring (bicyclic) bond motifs is 1. The van der Waals surface area contributed by atoms with Gasteiger partial charge in [0.15, 0.2) is 6.40 Å². The van der Waals surface area contributed by atoms with Crippen molar-refractivity contribution in [1.29, 1.82) is 10.8 Å². The first-order valence-corrected chi connectivity index (χ1v) is 9.88. The molecule has 154 valence electrons. The zero-order chi connectivity index (χ0) is 21.6. The quantitative estimate of drug-likeness (QED) is 0.192. The van der Waals surface area contributed by atoms with Crippen LogP contribution in [0.3, 0.4) is 0 Å². The molecule has 0 amide bonds. The van der Waals surface area contributed by atoms with Crippen LogP contribution in [0.4, 0.5) is 0 Å². The first-order valence-electron chi connectivity index (χ1n) is 9.50. The molecule has 4 rings (SSSR count). The average molecular weight is 431 g/mol. The van der Waals surface area contributed by atoms with Crippen LogP contribution in [-0.2, 0) is 11.3 Å². The van der Waals surface area contributed by atoms with Crippen molar-refractivity contribution < 1.29 is 9.47 Å². The molecule has 0 fully saturated rings. The van der Waals surface area contributed by atoms with E-state index in [1.807, 2.05) is 66.9 Å². The Labute approximate surface area is 184 Å². The van der Waals surface area contributed by atoms with Crippen molar-refractivity contribution in [2.75, 3.05) is 0 Å². The first kappa shape index (κ1) is 20.4. The summed E-state index contributed by atoms with van der Waals surface area (Å²) in [4.78, 5) is 7.67. The van der Waals surface area contributed by atoms with Gasteiger partial charge in [-0.2, -0.15) is 0 Å². The topological polar surface area (TPSA) is 94.8 Å². The Morgan fingerprint density at radius 1 is 1.00 bits per heavy atom. The summed E-state index contributed by atoms with van der Waals surface area (Å²) in [5, 5.41) is 15.9. The van der Waals surface area contributed by atoms with Gasteiger partial charge in [0.05, 0.1) is 16.7 Å². The smallest absolute Gasteiger partial charge is 0.221 e. The van der Waals surface area contributed by atoms with E-state index in [0.29, 0.717) is 23.0 Å². The number of aromatic amines is 1. The van der Waals surface area contributed by atoms with Crippen LogP contribution in [0.25, 0.3) is 22.7 Å². The number of pyridine rings is 1. The SMILES string of the molecule is N=COC(=N)/C(=C/c1ccc(Cl)cc1)c1ccc(OCc2ccc3[nH]ccc3n2)cc1. The van der Waals surface area contributed by atoms with E-state index in [1.165, 1.54) is 0 Å². The highest BCUT2D eigenvalue weighted by Gasteiger charge is 2.11. The minimum atomic E-state index is -0.123. The van der Waals surface area contributed by atoms with E-state index in [2.05, 4.69) is 9.97 Å². The summed E-state index contributed by atoms with van der Waals surface area (Å²) < 4.78 is 10.9. The number of H-pyrrole nitrogens is 1. The number of ether oxygens (including phenoxy) is 2. The predicted molar refractivity (Wildman–Crippen MR) is 124 cm³/mol. The third-order valence-electron chi connectivity index (χ3n) is 4.62. The lowest BCUT2D eigenvalue weighted by atomic mass is 10.0. The minimum absolute atomic E-state index is 0.123. The normalized spacial score (nSPS) is 11.3. The highest BCUT2D eigenvalue weighted by atomic mass is 35.5. The summed E-state index contributed by atoms with van der Waals surface area (Å²) in [5.41, 5.74) is 4.89. The lowest BCUT2D eigenvalue weighted by Crippen LogP contribution is -2.05. The largest absolute Gasteiger partial charge is 0.487 e. The van der Waals surface area contributed by atoms with Gasteiger partial charge in [-0.05, 0) is 59.7 Å². The molecule has 0 aliphatic heterocycles. The van der Waals surface area contributed by atoms with E-state index in [9.17, 15) is 0 Å². The van der Waals surface area contributed by atoms with Crippen molar-refractivity contribution in [3.05, 3.63) is 94.8 Å². The van der Waals surface area contributed by atoms with Crippen LogP contribution in [-0.4, -0.2) is 22.3 Å². The predicted octanol–water partition coefficient (Wildman–Crippen LogP) is 5.94. The number of hydrogen-bond acceptors (Lipinski definition) is 5. The molecule has 7 heteroatoms.